The second-order valence-electron chi connectivity index (χ2n) is 5.84. The molecule has 1 fully saturated rings. The zero-order chi connectivity index (χ0) is 12.9. The largest absolute Gasteiger partial charge is 0.481 e. The van der Waals surface area contributed by atoms with Crippen LogP contribution in [0, 0.1) is 5.41 Å². The van der Waals surface area contributed by atoms with E-state index < -0.39 is 5.97 Å². The van der Waals surface area contributed by atoms with E-state index in [9.17, 15) is 4.79 Å². The SMILES string of the molecule is CCCCCN(CC1(CC(=O)O)CC1)C(C)C. The third kappa shape index (κ3) is 5.07. The van der Waals surface area contributed by atoms with Crippen LogP contribution in [-0.2, 0) is 4.79 Å². The van der Waals surface area contributed by atoms with Gasteiger partial charge in [-0.25, -0.2) is 0 Å². The minimum Gasteiger partial charge on any atom is -0.481 e. The van der Waals surface area contributed by atoms with E-state index in [1.165, 1.54) is 19.3 Å². The molecule has 0 unspecified atom stereocenters. The normalized spacial score (nSPS) is 17.7. The average molecular weight is 241 g/mol. The number of hydrogen-bond acceptors (Lipinski definition) is 2. The van der Waals surface area contributed by atoms with Gasteiger partial charge in [-0.05, 0) is 45.1 Å². The van der Waals surface area contributed by atoms with Gasteiger partial charge in [0.15, 0.2) is 0 Å². The number of aliphatic carboxylic acids is 1. The van der Waals surface area contributed by atoms with Crippen molar-refractivity contribution in [1.29, 1.82) is 0 Å². The van der Waals surface area contributed by atoms with Crippen molar-refractivity contribution in [2.45, 2.75) is 65.3 Å². The highest BCUT2D eigenvalue weighted by Gasteiger charge is 2.45. The Hall–Kier alpha value is -0.570. The lowest BCUT2D eigenvalue weighted by Crippen LogP contribution is -2.37. The molecule has 0 amide bonds. The summed E-state index contributed by atoms with van der Waals surface area (Å²) in [6.45, 7) is 8.73. The first kappa shape index (κ1) is 14.5. The molecule has 100 valence electrons. The molecule has 1 N–H and O–H groups in total. The van der Waals surface area contributed by atoms with Crippen LogP contribution in [-0.4, -0.2) is 35.1 Å². The fourth-order valence-electron chi connectivity index (χ4n) is 2.40. The van der Waals surface area contributed by atoms with Crippen LogP contribution in [0.1, 0.15) is 59.3 Å². The Bertz CT molecular complexity index is 247. The lowest BCUT2D eigenvalue weighted by atomic mass is 10.0. The monoisotopic (exact) mass is 241 g/mol. The molecule has 0 aromatic carbocycles. The third-order valence-corrected chi connectivity index (χ3v) is 3.80. The molecule has 0 heterocycles. The number of nitrogens with zero attached hydrogens (tertiary/aromatic N) is 1. The van der Waals surface area contributed by atoms with Crippen molar-refractivity contribution < 1.29 is 9.90 Å². The molecule has 3 heteroatoms. The predicted octanol–water partition coefficient (Wildman–Crippen LogP) is 3.14. The van der Waals surface area contributed by atoms with E-state index in [-0.39, 0.29) is 5.41 Å². The van der Waals surface area contributed by atoms with Crippen LogP contribution in [0.2, 0.25) is 0 Å². The van der Waals surface area contributed by atoms with Gasteiger partial charge in [0.05, 0.1) is 6.42 Å². The summed E-state index contributed by atoms with van der Waals surface area (Å²) < 4.78 is 0. The number of carboxylic acid groups (broad SMARTS) is 1. The van der Waals surface area contributed by atoms with Crippen molar-refractivity contribution in [3.63, 3.8) is 0 Å². The molecular formula is C14H27NO2. The van der Waals surface area contributed by atoms with Gasteiger partial charge in [-0.3, -0.25) is 4.79 Å². The lowest BCUT2D eigenvalue weighted by molar-refractivity contribution is -0.138. The first-order valence-corrected chi connectivity index (χ1v) is 6.95. The maximum absolute atomic E-state index is 10.8. The molecule has 17 heavy (non-hydrogen) atoms. The van der Waals surface area contributed by atoms with Crippen molar-refractivity contribution in [1.82, 2.24) is 4.90 Å². The van der Waals surface area contributed by atoms with Crippen LogP contribution in [0.3, 0.4) is 0 Å². The van der Waals surface area contributed by atoms with Crippen molar-refractivity contribution in [2.24, 2.45) is 5.41 Å². The van der Waals surface area contributed by atoms with Gasteiger partial charge in [0.1, 0.15) is 0 Å². The summed E-state index contributed by atoms with van der Waals surface area (Å²) in [5.74, 6) is -0.639. The van der Waals surface area contributed by atoms with Gasteiger partial charge in [-0.15, -0.1) is 0 Å². The molecule has 0 radical (unpaired) electrons. The highest BCUT2D eigenvalue weighted by Crippen LogP contribution is 2.49. The number of rotatable bonds is 9. The van der Waals surface area contributed by atoms with Gasteiger partial charge < -0.3 is 10.0 Å². The van der Waals surface area contributed by atoms with Gasteiger partial charge in [0.25, 0.3) is 0 Å². The molecule has 0 aromatic heterocycles. The second-order valence-corrected chi connectivity index (χ2v) is 5.84. The molecule has 1 saturated carbocycles. The van der Waals surface area contributed by atoms with E-state index >= 15 is 0 Å². The van der Waals surface area contributed by atoms with E-state index in [0.717, 1.165) is 25.9 Å². The van der Waals surface area contributed by atoms with Crippen LogP contribution in [0.5, 0.6) is 0 Å². The summed E-state index contributed by atoms with van der Waals surface area (Å²) in [5.41, 5.74) is 0.0995. The Kier molecular flexibility index (Phi) is 5.44. The average Bonchev–Trinajstić information content (AvgIpc) is 2.95. The Morgan fingerprint density at radius 2 is 2.00 bits per heavy atom. The van der Waals surface area contributed by atoms with Gasteiger partial charge in [-0.1, -0.05) is 19.8 Å². The molecule has 0 aromatic rings. The number of unbranched alkanes of at least 4 members (excludes halogenated alkanes) is 2. The van der Waals surface area contributed by atoms with E-state index in [0.29, 0.717) is 12.5 Å². The maximum Gasteiger partial charge on any atom is 0.303 e. The lowest BCUT2D eigenvalue weighted by Gasteiger charge is -2.30. The summed E-state index contributed by atoms with van der Waals surface area (Å²) in [4.78, 5) is 13.3. The molecule has 1 rings (SSSR count). The van der Waals surface area contributed by atoms with Crippen molar-refractivity contribution in [3.05, 3.63) is 0 Å². The number of carboxylic acids is 1. The van der Waals surface area contributed by atoms with E-state index in [4.69, 9.17) is 5.11 Å². The smallest absolute Gasteiger partial charge is 0.303 e. The Labute approximate surface area is 105 Å². The minimum atomic E-state index is -0.639. The number of carbonyl (C=O) groups is 1. The second kappa shape index (κ2) is 6.39. The quantitative estimate of drug-likeness (QED) is 0.630. The number of hydrogen-bond donors (Lipinski definition) is 1. The first-order valence-electron chi connectivity index (χ1n) is 6.95. The summed E-state index contributed by atoms with van der Waals surface area (Å²) in [6.07, 6.45) is 6.29. The molecule has 1 aliphatic rings. The van der Waals surface area contributed by atoms with Crippen LogP contribution < -0.4 is 0 Å². The molecule has 1 aliphatic carbocycles. The summed E-state index contributed by atoms with van der Waals surface area (Å²) >= 11 is 0. The minimum absolute atomic E-state index is 0.0995. The third-order valence-electron chi connectivity index (χ3n) is 3.80. The van der Waals surface area contributed by atoms with Crippen LogP contribution in [0.15, 0.2) is 0 Å². The summed E-state index contributed by atoms with van der Waals surface area (Å²) in [5, 5.41) is 8.94. The molecule has 0 aliphatic heterocycles. The summed E-state index contributed by atoms with van der Waals surface area (Å²) in [6, 6.07) is 0.526. The topological polar surface area (TPSA) is 40.5 Å². The van der Waals surface area contributed by atoms with Gasteiger partial charge >= 0.3 is 5.97 Å². The Morgan fingerprint density at radius 3 is 2.41 bits per heavy atom. The molecule has 3 nitrogen and oxygen atoms in total. The standard InChI is InChI=1S/C14H27NO2/c1-4-5-6-9-15(12(2)3)11-14(7-8-14)10-13(16)17/h12H,4-11H2,1-3H3,(H,16,17). The van der Waals surface area contributed by atoms with Crippen molar-refractivity contribution in [2.75, 3.05) is 13.1 Å². The Balaban J connectivity index is 2.40. The van der Waals surface area contributed by atoms with Crippen LogP contribution in [0.25, 0.3) is 0 Å². The Morgan fingerprint density at radius 1 is 1.35 bits per heavy atom. The molecule has 0 spiro atoms. The molecule has 0 bridgehead atoms. The highest BCUT2D eigenvalue weighted by molar-refractivity contribution is 5.68. The maximum atomic E-state index is 10.8. The highest BCUT2D eigenvalue weighted by atomic mass is 16.4. The summed E-state index contributed by atoms with van der Waals surface area (Å²) in [7, 11) is 0. The van der Waals surface area contributed by atoms with Gasteiger partial charge in [0.2, 0.25) is 0 Å². The first-order chi connectivity index (χ1) is 7.99. The van der Waals surface area contributed by atoms with Crippen LogP contribution in [0.4, 0.5) is 0 Å². The fraction of sp³-hybridized carbons (Fsp3) is 0.929. The van der Waals surface area contributed by atoms with E-state index in [1.54, 1.807) is 0 Å². The zero-order valence-electron chi connectivity index (χ0n) is 11.5. The van der Waals surface area contributed by atoms with Crippen molar-refractivity contribution in [3.8, 4) is 0 Å². The molecular weight excluding hydrogens is 214 g/mol. The van der Waals surface area contributed by atoms with E-state index in [1.807, 2.05) is 0 Å². The molecule has 0 saturated heterocycles. The predicted molar refractivity (Wildman–Crippen MR) is 70.2 cm³/mol. The fourth-order valence-corrected chi connectivity index (χ4v) is 2.40. The van der Waals surface area contributed by atoms with E-state index in [2.05, 4.69) is 25.7 Å². The molecule has 0 atom stereocenters. The zero-order valence-corrected chi connectivity index (χ0v) is 11.5. The van der Waals surface area contributed by atoms with Gasteiger partial charge in [0, 0.05) is 12.6 Å². The van der Waals surface area contributed by atoms with Crippen LogP contribution >= 0.6 is 0 Å². The van der Waals surface area contributed by atoms with Crippen molar-refractivity contribution >= 4 is 5.97 Å². The van der Waals surface area contributed by atoms with Gasteiger partial charge in [-0.2, -0.15) is 0 Å².